The van der Waals surface area contributed by atoms with Crippen LogP contribution in [0.15, 0.2) is 15.9 Å². The Hall–Kier alpha value is -1.74. The molecule has 1 aromatic rings. The first kappa shape index (κ1) is 17.6. The van der Waals surface area contributed by atoms with E-state index in [0.29, 0.717) is 29.6 Å². The number of H-pyrrole nitrogens is 1. The van der Waals surface area contributed by atoms with E-state index >= 15 is 0 Å². The Kier molecular flexibility index (Phi) is 6.28. The molecule has 1 aromatic heterocycles. The molecule has 1 atom stereocenters. The molecule has 5 nitrogen and oxygen atoms in total. The summed E-state index contributed by atoms with van der Waals surface area (Å²) in [5.74, 6) is 0.414. The second-order valence-electron chi connectivity index (χ2n) is 5.95. The van der Waals surface area contributed by atoms with E-state index in [9.17, 15) is 14.9 Å². The minimum Gasteiger partial charge on any atom is -0.338 e. The third kappa shape index (κ3) is 4.17. The van der Waals surface area contributed by atoms with Crippen LogP contribution in [0.5, 0.6) is 0 Å². The van der Waals surface area contributed by atoms with Crippen LogP contribution in [0, 0.1) is 17.2 Å². The Morgan fingerprint density at radius 2 is 2.26 bits per heavy atom. The highest BCUT2D eigenvalue weighted by atomic mass is 32.2. The van der Waals surface area contributed by atoms with Crippen LogP contribution >= 0.6 is 11.8 Å². The summed E-state index contributed by atoms with van der Waals surface area (Å²) < 4.78 is 0. The zero-order chi connectivity index (χ0) is 16.8. The fourth-order valence-corrected chi connectivity index (χ4v) is 3.67. The maximum Gasteiger partial charge on any atom is 0.261 e. The Bertz CT molecular complexity index is 663. The molecule has 0 spiro atoms. The fourth-order valence-electron chi connectivity index (χ4n) is 3.15. The highest BCUT2D eigenvalue weighted by molar-refractivity contribution is 7.98. The highest BCUT2D eigenvalue weighted by Crippen LogP contribution is 2.23. The van der Waals surface area contributed by atoms with Gasteiger partial charge in [-0.25, -0.2) is 0 Å². The molecule has 1 aliphatic rings. The van der Waals surface area contributed by atoms with Crippen molar-refractivity contribution in [3.05, 3.63) is 27.5 Å². The van der Waals surface area contributed by atoms with Gasteiger partial charge in [0.1, 0.15) is 11.6 Å². The number of pyridine rings is 1. The summed E-state index contributed by atoms with van der Waals surface area (Å²) >= 11 is 1.30. The molecule has 1 aliphatic heterocycles. The van der Waals surface area contributed by atoms with Gasteiger partial charge in [-0.1, -0.05) is 19.8 Å². The van der Waals surface area contributed by atoms with E-state index < -0.39 is 5.56 Å². The van der Waals surface area contributed by atoms with Gasteiger partial charge < -0.3 is 9.88 Å². The van der Waals surface area contributed by atoms with Crippen LogP contribution < -0.4 is 5.56 Å². The van der Waals surface area contributed by atoms with Crippen LogP contribution in [-0.4, -0.2) is 35.1 Å². The number of carbonyl (C=O) groups is 1. The van der Waals surface area contributed by atoms with Crippen molar-refractivity contribution in [1.29, 1.82) is 5.26 Å². The summed E-state index contributed by atoms with van der Waals surface area (Å²) in [5, 5.41) is 9.69. The molecule has 6 heteroatoms. The van der Waals surface area contributed by atoms with Gasteiger partial charge in [0.25, 0.3) is 11.5 Å². The number of carbonyl (C=O) groups excluding carboxylic acids is 1. The van der Waals surface area contributed by atoms with Crippen molar-refractivity contribution in [3.63, 3.8) is 0 Å². The number of thioether (sulfide) groups is 1. The molecule has 124 valence electrons. The molecule has 1 saturated heterocycles. The van der Waals surface area contributed by atoms with E-state index in [1.807, 2.05) is 6.07 Å². The molecule has 0 radical (unpaired) electrons. The van der Waals surface area contributed by atoms with Crippen LogP contribution in [-0.2, 0) is 0 Å². The third-order valence-electron chi connectivity index (χ3n) is 4.39. The zero-order valence-corrected chi connectivity index (χ0v) is 14.5. The lowest BCUT2D eigenvalue weighted by molar-refractivity contribution is 0.0758. The number of likely N-dealkylation sites (tertiary alicyclic amines) is 1. The highest BCUT2D eigenvalue weighted by Gasteiger charge is 2.24. The first-order valence-corrected chi connectivity index (χ1v) is 9.33. The van der Waals surface area contributed by atoms with Gasteiger partial charge in [-0.15, -0.1) is 11.8 Å². The number of nitrogens with one attached hydrogen (secondary N) is 1. The van der Waals surface area contributed by atoms with Crippen molar-refractivity contribution < 1.29 is 4.79 Å². The summed E-state index contributed by atoms with van der Waals surface area (Å²) in [6.45, 7) is 3.56. The summed E-state index contributed by atoms with van der Waals surface area (Å²) in [7, 11) is 0. The number of amides is 1. The normalized spacial score (nSPS) is 18.3. The molecule has 0 saturated carbocycles. The zero-order valence-electron chi connectivity index (χ0n) is 13.7. The minimum atomic E-state index is -0.410. The maximum atomic E-state index is 12.7. The predicted octanol–water partition coefficient (Wildman–Crippen LogP) is 3.01. The van der Waals surface area contributed by atoms with Crippen molar-refractivity contribution in [1.82, 2.24) is 9.88 Å². The molecule has 0 unspecified atom stereocenters. The number of aromatic nitrogens is 1. The summed E-state index contributed by atoms with van der Waals surface area (Å²) in [5.41, 5.74) is 0.0140. The average Bonchev–Trinajstić information content (AvgIpc) is 2.80. The van der Waals surface area contributed by atoms with E-state index in [0.717, 1.165) is 19.3 Å². The van der Waals surface area contributed by atoms with Crippen LogP contribution in [0.4, 0.5) is 0 Å². The number of hydrogen-bond donors (Lipinski definition) is 1. The molecule has 2 heterocycles. The number of nitrogens with zero attached hydrogens (tertiary/aromatic N) is 2. The van der Waals surface area contributed by atoms with E-state index in [4.69, 9.17) is 0 Å². The molecule has 23 heavy (non-hydrogen) atoms. The average molecular weight is 333 g/mol. The molecular formula is C17H23N3O2S. The smallest absolute Gasteiger partial charge is 0.261 e. The summed E-state index contributed by atoms with van der Waals surface area (Å²) in [6.07, 6.45) is 7.26. The van der Waals surface area contributed by atoms with Gasteiger partial charge in [0.05, 0.1) is 10.6 Å². The van der Waals surface area contributed by atoms with Gasteiger partial charge in [0.15, 0.2) is 0 Å². The predicted molar refractivity (Wildman–Crippen MR) is 91.7 cm³/mol. The molecule has 0 bridgehead atoms. The van der Waals surface area contributed by atoms with Crippen LogP contribution in [0.1, 0.15) is 54.9 Å². The lowest BCUT2D eigenvalue weighted by Gasteiger charge is -2.20. The first-order valence-electron chi connectivity index (χ1n) is 8.11. The largest absolute Gasteiger partial charge is 0.338 e. The maximum absolute atomic E-state index is 12.7. The van der Waals surface area contributed by atoms with Gasteiger partial charge in [-0.05, 0) is 37.5 Å². The fraction of sp³-hybridized carbons (Fsp3) is 0.588. The van der Waals surface area contributed by atoms with Crippen LogP contribution in [0.3, 0.4) is 0 Å². The number of rotatable bonds is 4. The van der Waals surface area contributed by atoms with Crippen molar-refractivity contribution in [2.45, 2.75) is 44.1 Å². The topological polar surface area (TPSA) is 77.0 Å². The van der Waals surface area contributed by atoms with Crippen molar-refractivity contribution in [2.75, 3.05) is 19.3 Å². The monoisotopic (exact) mass is 333 g/mol. The Morgan fingerprint density at radius 1 is 1.48 bits per heavy atom. The van der Waals surface area contributed by atoms with Crippen molar-refractivity contribution in [2.24, 2.45) is 5.92 Å². The number of aromatic amines is 1. The van der Waals surface area contributed by atoms with Crippen molar-refractivity contribution in [3.8, 4) is 6.07 Å². The van der Waals surface area contributed by atoms with Crippen LogP contribution in [0.2, 0.25) is 0 Å². The molecule has 2 rings (SSSR count). The second-order valence-corrected chi connectivity index (χ2v) is 6.77. The quantitative estimate of drug-likeness (QED) is 0.859. The van der Waals surface area contributed by atoms with Gasteiger partial charge in [0, 0.05) is 13.1 Å². The molecule has 1 fully saturated rings. The van der Waals surface area contributed by atoms with Crippen LogP contribution in [0.25, 0.3) is 0 Å². The SMILES string of the molecule is CCC[C@@H]1CCCN(C(=O)c2cc(C#N)c(SC)[nH]c2=O)CC1. The molecule has 0 aromatic carbocycles. The standard InChI is InChI=1S/C17H23N3O2S/c1-3-5-12-6-4-8-20(9-7-12)17(22)14-10-13(11-18)16(23-2)19-15(14)21/h10,12H,3-9H2,1-2H3,(H,19,21)/t12-/m1/s1. The molecule has 0 aliphatic carbocycles. The van der Waals surface area contributed by atoms with E-state index in [1.54, 1.807) is 11.2 Å². The lowest BCUT2D eigenvalue weighted by Crippen LogP contribution is -2.35. The van der Waals surface area contributed by atoms with E-state index in [2.05, 4.69) is 11.9 Å². The van der Waals surface area contributed by atoms with Gasteiger partial charge in [-0.2, -0.15) is 5.26 Å². The van der Waals surface area contributed by atoms with E-state index in [-0.39, 0.29) is 11.5 Å². The van der Waals surface area contributed by atoms with Gasteiger partial charge in [-0.3, -0.25) is 9.59 Å². The first-order chi connectivity index (χ1) is 11.1. The second kappa shape index (κ2) is 8.21. The Balaban J connectivity index is 2.20. The Labute approximate surface area is 141 Å². The Morgan fingerprint density at radius 3 is 2.91 bits per heavy atom. The van der Waals surface area contributed by atoms with Gasteiger partial charge in [0.2, 0.25) is 0 Å². The summed E-state index contributed by atoms with van der Waals surface area (Å²) in [6, 6.07) is 3.48. The summed E-state index contributed by atoms with van der Waals surface area (Å²) in [4.78, 5) is 29.3. The number of hydrogen-bond acceptors (Lipinski definition) is 4. The molecule has 1 amide bonds. The third-order valence-corrected chi connectivity index (χ3v) is 5.12. The lowest BCUT2D eigenvalue weighted by atomic mass is 9.96. The number of nitriles is 1. The van der Waals surface area contributed by atoms with E-state index in [1.165, 1.54) is 30.7 Å². The molecular weight excluding hydrogens is 310 g/mol. The van der Waals surface area contributed by atoms with Gasteiger partial charge >= 0.3 is 0 Å². The molecule has 1 N–H and O–H groups in total. The van der Waals surface area contributed by atoms with Crippen molar-refractivity contribution >= 4 is 17.7 Å². The minimum absolute atomic E-state index is 0.0771.